The summed E-state index contributed by atoms with van der Waals surface area (Å²) in [6, 6.07) is 32.4. The molecule has 1 aliphatic heterocycles. The van der Waals surface area contributed by atoms with Crippen LogP contribution in [0.1, 0.15) is 56.7 Å². The summed E-state index contributed by atoms with van der Waals surface area (Å²) in [6.45, 7) is 12.6. The van der Waals surface area contributed by atoms with Crippen LogP contribution in [0.2, 0.25) is 18.1 Å². The first-order valence-corrected chi connectivity index (χ1v) is 19.3. The molecule has 0 bridgehead atoms. The fourth-order valence-corrected chi connectivity index (χ4v) is 10.9. The summed E-state index contributed by atoms with van der Waals surface area (Å²) in [5, 5.41) is 0.213. The van der Waals surface area contributed by atoms with Gasteiger partial charge in [0.15, 0.2) is 8.32 Å². The molecule has 0 amide bonds. The van der Waals surface area contributed by atoms with E-state index >= 15 is 0 Å². The van der Waals surface area contributed by atoms with Gasteiger partial charge in [-0.05, 0) is 65.6 Å². The summed E-state index contributed by atoms with van der Waals surface area (Å²) >= 11 is 4.35. The molecule has 1 saturated carbocycles. The van der Waals surface area contributed by atoms with Gasteiger partial charge in [0.25, 0.3) is 0 Å². The summed E-state index contributed by atoms with van der Waals surface area (Å²) in [7, 11) is -1.86. The monoisotopic (exact) mass is 576 g/mol. The van der Waals surface area contributed by atoms with Gasteiger partial charge in [0.1, 0.15) is 5.60 Å². The largest absolute Gasteiger partial charge is 0.414 e. The first-order valence-electron chi connectivity index (χ1n) is 14.4. The minimum Gasteiger partial charge on any atom is -0.414 e. The van der Waals surface area contributed by atoms with Crippen LogP contribution in [0.5, 0.6) is 0 Å². The molecule has 1 heterocycles. The summed E-state index contributed by atoms with van der Waals surface area (Å²) in [5.41, 5.74) is 2.85. The topological polar surface area (TPSA) is 18.5 Å². The van der Waals surface area contributed by atoms with Crippen LogP contribution in [0.25, 0.3) is 0 Å². The standard InChI is InChI=1S/C34H44O2S2Si/c1-32(2,3)39(4,5)36-31-24-30(33(25-31)37-22-15-23-38-33)26-35-34(27-16-9-6-10-17-27,28-18-11-7-12-19-28)29-20-13-8-14-21-29/h6-14,16-21,30-31H,15,22-26H2,1-5H3/t30-,31+/m0/s1. The van der Waals surface area contributed by atoms with Crippen molar-refractivity contribution >= 4 is 31.8 Å². The highest BCUT2D eigenvalue weighted by Gasteiger charge is 2.53. The van der Waals surface area contributed by atoms with E-state index < -0.39 is 13.9 Å². The molecule has 5 heteroatoms. The van der Waals surface area contributed by atoms with Crippen molar-refractivity contribution in [2.45, 2.75) is 74.0 Å². The predicted molar refractivity (Wildman–Crippen MR) is 172 cm³/mol. The Bertz CT molecular complexity index is 1090. The van der Waals surface area contributed by atoms with Gasteiger partial charge < -0.3 is 9.16 Å². The van der Waals surface area contributed by atoms with Crippen LogP contribution in [-0.2, 0) is 14.8 Å². The fraction of sp³-hybridized carbons (Fsp3) is 0.471. The molecule has 2 nitrogen and oxygen atoms in total. The Hall–Kier alpha value is -1.50. The Morgan fingerprint density at radius 1 is 0.769 bits per heavy atom. The molecule has 39 heavy (non-hydrogen) atoms. The SMILES string of the molecule is CC(C)(C)[Si](C)(C)O[C@@H]1C[C@@H](COC(c2ccccc2)(c2ccccc2)c2ccccc2)C2(C1)SCCCS2. The Morgan fingerprint density at radius 2 is 1.23 bits per heavy atom. The maximum atomic E-state index is 7.37. The van der Waals surface area contributed by atoms with Crippen molar-refractivity contribution in [1.82, 2.24) is 0 Å². The highest BCUT2D eigenvalue weighted by molar-refractivity contribution is 8.18. The quantitative estimate of drug-likeness (QED) is 0.196. The van der Waals surface area contributed by atoms with Crippen LogP contribution in [0.3, 0.4) is 0 Å². The van der Waals surface area contributed by atoms with Gasteiger partial charge in [-0.15, -0.1) is 23.5 Å². The summed E-state index contributed by atoms with van der Waals surface area (Å²) in [5.74, 6) is 2.90. The van der Waals surface area contributed by atoms with Gasteiger partial charge in [-0.3, -0.25) is 0 Å². The van der Waals surface area contributed by atoms with E-state index in [1.165, 1.54) is 34.6 Å². The van der Waals surface area contributed by atoms with Crippen LogP contribution in [0.15, 0.2) is 91.0 Å². The zero-order chi connectivity index (χ0) is 27.6. The second-order valence-corrected chi connectivity index (χ2v) is 20.5. The van der Waals surface area contributed by atoms with Crippen molar-refractivity contribution in [2.75, 3.05) is 18.1 Å². The molecule has 3 aromatic carbocycles. The van der Waals surface area contributed by atoms with Gasteiger partial charge >= 0.3 is 0 Å². The molecule has 2 fully saturated rings. The average Bonchev–Trinajstić information content (AvgIpc) is 3.25. The lowest BCUT2D eigenvalue weighted by atomic mass is 9.80. The minimum absolute atomic E-state index is 0.168. The third-order valence-electron chi connectivity index (χ3n) is 8.97. The van der Waals surface area contributed by atoms with Gasteiger partial charge in [-0.2, -0.15) is 0 Å². The van der Waals surface area contributed by atoms with E-state index in [2.05, 4.69) is 148 Å². The number of thioether (sulfide) groups is 2. The van der Waals surface area contributed by atoms with Crippen LogP contribution < -0.4 is 0 Å². The molecular weight excluding hydrogens is 533 g/mol. The third kappa shape index (κ3) is 5.94. The molecule has 208 valence electrons. The van der Waals surface area contributed by atoms with E-state index in [-0.39, 0.29) is 9.12 Å². The van der Waals surface area contributed by atoms with Crippen molar-refractivity contribution in [3.05, 3.63) is 108 Å². The first kappa shape index (κ1) is 29.0. The van der Waals surface area contributed by atoms with Crippen molar-refractivity contribution in [2.24, 2.45) is 5.92 Å². The van der Waals surface area contributed by atoms with Gasteiger partial charge in [0, 0.05) is 12.0 Å². The Kier molecular flexibility index (Phi) is 8.76. The molecule has 0 unspecified atom stereocenters. The van der Waals surface area contributed by atoms with Gasteiger partial charge in [0.2, 0.25) is 0 Å². The predicted octanol–water partition coefficient (Wildman–Crippen LogP) is 9.36. The molecule has 1 spiro atoms. The second-order valence-electron chi connectivity index (χ2n) is 12.6. The zero-order valence-electron chi connectivity index (χ0n) is 24.2. The number of ether oxygens (including phenoxy) is 1. The van der Waals surface area contributed by atoms with E-state index in [4.69, 9.17) is 9.16 Å². The summed E-state index contributed by atoms with van der Waals surface area (Å²) in [6.07, 6.45) is 3.79. The molecule has 0 radical (unpaired) electrons. The third-order valence-corrected chi connectivity index (χ3v) is 17.2. The lowest BCUT2D eigenvalue weighted by Crippen LogP contribution is -2.43. The van der Waals surface area contributed by atoms with Crippen LogP contribution in [-0.4, -0.2) is 36.6 Å². The van der Waals surface area contributed by atoms with Crippen molar-refractivity contribution in [3.63, 3.8) is 0 Å². The van der Waals surface area contributed by atoms with Crippen LogP contribution >= 0.6 is 23.5 Å². The molecule has 1 saturated heterocycles. The van der Waals surface area contributed by atoms with E-state index in [1.54, 1.807) is 0 Å². The highest BCUT2D eigenvalue weighted by atomic mass is 32.2. The zero-order valence-corrected chi connectivity index (χ0v) is 26.8. The smallest absolute Gasteiger partial charge is 0.192 e. The highest BCUT2D eigenvalue weighted by Crippen LogP contribution is 2.58. The van der Waals surface area contributed by atoms with E-state index in [0.29, 0.717) is 18.6 Å². The normalized spacial score (nSPS) is 21.8. The Morgan fingerprint density at radius 3 is 1.67 bits per heavy atom. The Labute approximate surface area is 245 Å². The van der Waals surface area contributed by atoms with Crippen molar-refractivity contribution < 1.29 is 9.16 Å². The van der Waals surface area contributed by atoms with Gasteiger partial charge in [0.05, 0.1) is 10.7 Å². The summed E-state index contributed by atoms with van der Waals surface area (Å²) < 4.78 is 14.6. The number of hydrogen-bond acceptors (Lipinski definition) is 4. The maximum Gasteiger partial charge on any atom is 0.192 e. The van der Waals surface area contributed by atoms with E-state index in [1.807, 2.05) is 0 Å². The van der Waals surface area contributed by atoms with Crippen molar-refractivity contribution in [1.29, 1.82) is 0 Å². The number of benzene rings is 3. The summed E-state index contributed by atoms with van der Waals surface area (Å²) in [4.78, 5) is 0. The molecule has 2 aliphatic rings. The van der Waals surface area contributed by atoms with E-state index in [0.717, 1.165) is 12.8 Å². The second kappa shape index (κ2) is 11.8. The minimum atomic E-state index is -1.86. The van der Waals surface area contributed by atoms with E-state index in [9.17, 15) is 0 Å². The molecule has 0 N–H and O–H groups in total. The van der Waals surface area contributed by atoms with Crippen LogP contribution in [0.4, 0.5) is 0 Å². The first-order chi connectivity index (χ1) is 18.7. The lowest BCUT2D eigenvalue weighted by Gasteiger charge is -2.41. The van der Waals surface area contributed by atoms with Crippen LogP contribution in [0, 0.1) is 5.92 Å². The van der Waals surface area contributed by atoms with Gasteiger partial charge in [-0.1, -0.05) is 112 Å². The molecule has 3 aromatic rings. The Balaban J connectivity index is 1.51. The van der Waals surface area contributed by atoms with Gasteiger partial charge in [-0.25, -0.2) is 0 Å². The number of hydrogen-bond donors (Lipinski definition) is 0. The lowest BCUT2D eigenvalue weighted by molar-refractivity contribution is -0.00938. The molecular formula is C34H44O2S2Si. The van der Waals surface area contributed by atoms with Crippen molar-refractivity contribution in [3.8, 4) is 0 Å². The molecule has 0 aromatic heterocycles. The molecule has 2 atom stereocenters. The fourth-order valence-electron chi connectivity index (χ4n) is 5.88. The molecule has 5 rings (SSSR count). The number of rotatable bonds is 8. The molecule has 1 aliphatic carbocycles. The maximum absolute atomic E-state index is 7.37. The average molecular weight is 577 g/mol.